The Morgan fingerprint density at radius 2 is 1.78 bits per heavy atom. The first kappa shape index (κ1) is 32.4. The number of fused-ring (bicyclic) bond motifs is 1. The Morgan fingerprint density at radius 3 is 2.46 bits per heavy atom. The molecule has 2 heterocycles. The maximum atomic E-state index is 14.2. The predicted molar refractivity (Wildman–Crippen MR) is 173 cm³/mol. The van der Waals surface area contributed by atoms with E-state index in [-0.39, 0.29) is 46.3 Å². The van der Waals surface area contributed by atoms with Crippen LogP contribution in [0.5, 0.6) is 23.0 Å². The van der Waals surface area contributed by atoms with E-state index in [4.69, 9.17) is 9.47 Å². The van der Waals surface area contributed by atoms with Crippen molar-refractivity contribution in [1.29, 1.82) is 0 Å². The molecule has 12 nitrogen and oxygen atoms in total. The molecule has 2 saturated heterocycles. The van der Waals surface area contributed by atoms with Crippen molar-refractivity contribution in [1.82, 2.24) is 4.90 Å². The van der Waals surface area contributed by atoms with E-state index < -0.39 is 22.3 Å². The van der Waals surface area contributed by atoms with Crippen molar-refractivity contribution in [3.05, 3.63) is 99.3 Å². The van der Waals surface area contributed by atoms with Crippen LogP contribution in [0.4, 0.5) is 11.4 Å². The van der Waals surface area contributed by atoms with Crippen LogP contribution in [-0.4, -0.2) is 69.2 Å². The van der Waals surface area contributed by atoms with Crippen molar-refractivity contribution in [3.8, 4) is 23.0 Å². The van der Waals surface area contributed by atoms with Gasteiger partial charge in [0.15, 0.2) is 28.8 Å². The molecule has 0 bridgehead atoms. The van der Waals surface area contributed by atoms with Gasteiger partial charge in [-0.25, -0.2) is 0 Å². The average Bonchev–Trinajstić information content (AvgIpc) is 3.62. The highest BCUT2D eigenvalue weighted by Gasteiger charge is 2.61. The number of methoxy groups -OCH3 is 2. The number of carbonyl (C=O) groups is 2. The molecule has 3 aromatic rings. The number of aliphatic hydroxyl groups is 1. The number of aromatic hydroxyl groups is 2. The van der Waals surface area contributed by atoms with Crippen molar-refractivity contribution in [2.45, 2.75) is 24.4 Å². The molecule has 0 aliphatic carbocycles. The number of non-ortho nitro benzene ring substituents is 1. The SMILES string of the molecule is COc1cc(/C=C/C(O)=C/C(=O)C2C3CSCN3C(C)(c3cc([N+](=O)[O-])ccc3NC=O)C2c2ccc(O)c(OC)c2)ccc1O. The highest BCUT2D eigenvalue weighted by molar-refractivity contribution is 7.99. The number of ether oxygens (including phenoxy) is 2. The standard InChI is InChI=1S/C33H33N3O9S/c1-33(23-14-21(36(42)43)7-9-24(23)34-17-37)32(20-6-11-27(40)30(13-20)45-3)31(25-16-46-18-35(25)33)28(41)15-22(38)8-4-19-5-10-26(39)29(12-19)44-2/h4-15,17,25,31-32,38-40H,16,18H2,1-3H3,(H,34,37)/b8-4+,22-15-. The molecule has 13 heteroatoms. The summed E-state index contributed by atoms with van der Waals surface area (Å²) < 4.78 is 10.5. The second kappa shape index (κ2) is 13.2. The van der Waals surface area contributed by atoms with E-state index in [1.165, 1.54) is 50.6 Å². The van der Waals surface area contributed by atoms with Crippen LogP contribution in [-0.2, 0) is 15.1 Å². The van der Waals surface area contributed by atoms with Gasteiger partial charge < -0.3 is 30.1 Å². The first-order valence-corrected chi connectivity index (χ1v) is 15.4. The maximum Gasteiger partial charge on any atom is 0.269 e. The number of hydrogen-bond acceptors (Lipinski definition) is 11. The summed E-state index contributed by atoms with van der Waals surface area (Å²) in [6, 6.07) is 13.3. The number of aliphatic hydroxyl groups excluding tert-OH is 1. The van der Waals surface area contributed by atoms with Crippen molar-refractivity contribution >= 4 is 41.4 Å². The minimum absolute atomic E-state index is 0.0370. The number of phenolic OH excluding ortho intramolecular Hbond substituents is 2. The van der Waals surface area contributed by atoms with E-state index in [1.54, 1.807) is 42.1 Å². The van der Waals surface area contributed by atoms with E-state index in [0.29, 0.717) is 40.4 Å². The number of anilines is 1. The normalized spacial score (nSPS) is 22.8. The van der Waals surface area contributed by atoms with Crippen LogP contribution in [0, 0.1) is 16.0 Å². The molecule has 0 spiro atoms. The predicted octanol–water partition coefficient (Wildman–Crippen LogP) is 5.32. The molecule has 0 radical (unpaired) electrons. The number of thioether (sulfide) groups is 1. The van der Waals surface area contributed by atoms with Crippen LogP contribution < -0.4 is 14.8 Å². The van der Waals surface area contributed by atoms with Crippen LogP contribution in [0.15, 0.2) is 72.5 Å². The molecule has 46 heavy (non-hydrogen) atoms. The smallest absolute Gasteiger partial charge is 0.269 e. The lowest BCUT2D eigenvalue weighted by Gasteiger charge is -2.40. The molecular weight excluding hydrogens is 614 g/mol. The zero-order valence-electron chi connectivity index (χ0n) is 25.2. The number of amides is 1. The van der Waals surface area contributed by atoms with Crippen molar-refractivity contribution in [2.75, 3.05) is 31.2 Å². The van der Waals surface area contributed by atoms with Crippen LogP contribution in [0.3, 0.4) is 0 Å². The minimum Gasteiger partial charge on any atom is -0.508 e. The summed E-state index contributed by atoms with van der Waals surface area (Å²) in [6.45, 7) is 1.89. The number of nitrogens with zero attached hydrogens (tertiary/aromatic N) is 2. The number of benzene rings is 3. The molecule has 5 rings (SSSR count). The van der Waals surface area contributed by atoms with Gasteiger partial charge in [-0.15, -0.1) is 11.8 Å². The van der Waals surface area contributed by atoms with Crippen LogP contribution >= 0.6 is 11.8 Å². The van der Waals surface area contributed by atoms with Crippen LogP contribution in [0.2, 0.25) is 0 Å². The molecule has 2 aliphatic rings. The lowest BCUT2D eigenvalue weighted by molar-refractivity contribution is -0.385. The third kappa shape index (κ3) is 5.86. The van der Waals surface area contributed by atoms with Gasteiger partial charge in [0.1, 0.15) is 5.76 Å². The zero-order valence-corrected chi connectivity index (χ0v) is 26.1. The lowest BCUT2D eigenvalue weighted by atomic mass is 9.70. The fraction of sp³-hybridized carbons (Fsp3) is 0.273. The first-order valence-electron chi connectivity index (χ1n) is 14.2. The maximum absolute atomic E-state index is 14.2. The summed E-state index contributed by atoms with van der Waals surface area (Å²) in [6.07, 6.45) is 4.59. The number of carbonyl (C=O) groups excluding carboxylic acids is 2. The largest absolute Gasteiger partial charge is 0.508 e. The molecule has 4 atom stereocenters. The molecule has 4 unspecified atom stereocenters. The van der Waals surface area contributed by atoms with Gasteiger partial charge in [-0.2, -0.15) is 0 Å². The Hall–Kier alpha value is -5.01. The molecule has 240 valence electrons. The summed E-state index contributed by atoms with van der Waals surface area (Å²) in [5.41, 5.74) is 0.787. The second-order valence-corrected chi connectivity index (χ2v) is 12.1. The van der Waals surface area contributed by atoms with Gasteiger partial charge in [0.05, 0.1) is 24.7 Å². The molecule has 2 aliphatic heterocycles. The average molecular weight is 648 g/mol. The number of nitrogens with one attached hydrogen (secondary N) is 1. The highest BCUT2D eigenvalue weighted by atomic mass is 32.2. The molecule has 3 aromatic carbocycles. The molecule has 2 fully saturated rings. The number of hydrogen-bond donors (Lipinski definition) is 4. The van der Waals surface area contributed by atoms with E-state index in [0.717, 1.165) is 6.08 Å². The minimum atomic E-state index is -1.07. The Morgan fingerprint density at radius 1 is 1.09 bits per heavy atom. The zero-order chi connectivity index (χ0) is 33.2. The number of nitro groups is 1. The molecular formula is C33H33N3O9S. The van der Waals surface area contributed by atoms with Gasteiger partial charge in [0.2, 0.25) is 6.41 Å². The van der Waals surface area contributed by atoms with Crippen molar-refractivity contribution in [2.24, 2.45) is 5.92 Å². The fourth-order valence-electron chi connectivity index (χ4n) is 6.60. The molecule has 4 N–H and O–H groups in total. The van der Waals surface area contributed by atoms with Gasteiger partial charge in [0, 0.05) is 59.0 Å². The highest BCUT2D eigenvalue weighted by Crippen LogP contribution is 2.60. The van der Waals surface area contributed by atoms with E-state index in [2.05, 4.69) is 10.2 Å². The summed E-state index contributed by atoms with van der Waals surface area (Å²) in [5.74, 6) is -0.722. The van der Waals surface area contributed by atoms with E-state index >= 15 is 0 Å². The third-order valence-corrected chi connectivity index (χ3v) is 9.74. The summed E-state index contributed by atoms with van der Waals surface area (Å²) in [7, 11) is 2.83. The number of rotatable bonds is 11. The summed E-state index contributed by atoms with van der Waals surface area (Å²) in [4.78, 5) is 39.4. The van der Waals surface area contributed by atoms with Crippen LogP contribution in [0.1, 0.15) is 29.5 Å². The Kier molecular flexibility index (Phi) is 9.26. The van der Waals surface area contributed by atoms with Crippen LogP contribution in [0.25, 0.3) is 6.08 Å². The summed E-state index contributed by atoms with van der Waals surface area (Å²) >= 11 is 1.61. The topological polar surface area (TPSA) is 172 Å². The monoisotopic (exact) mass is 647 g/mol. The van der Waals surface area contributed by atoms with Gasteiger partial charge >= 0.3 is 0 Å². The fourth-order valence-corrected chi connectivity index (χ4v) is 7.99. The molecule has 0 saturated carbocycles. The quantitative estimate of drug-likeness (QED) is 0.0530. The number of phenols is 2. The van der Waals surface area contributed by atoms with Gasteiger partial charge in [0.25, 0.3) is 5.69 Å². The molecule has 0 aromatic heterocycles. The third-order valence-electron chi connectivity index (χ3n) is 8.70. The molecule has 1 amide bonds. The van der Waals surface area contributed by atoms with E-state index in [9.17, 15) is 35.0 Å². The van der Waals surface area contributed by atoms with Gasteiger partial charge in [-0.05, 0) is 54.5 Å². The number of allylic oxidation sites excluding steroid dienone is 2. The second-order valence-electron chi connectivity index (χ2n) is 11.1. The Bertz CT molecular complexity index is 1740. The Labute approximate surface area is 269 Å². The van der Waals surface area contributed by atoms with E-state index in [1.807, 2.05) is 6.92 Å². The lowest BCUT2D eigenvalue weighted by Crippen LogP contribution is -2.43. The first-order chi connectivity index (χ1) is 22.0. The number of ketones is 1. The van der Waals surface area contributed by atoms with Gasteiger partial charge in [-0.1, -0.05) is 18.2 Å². The van der Waals surface area contributed by atoms with Crippen molar-refractivity contribution < 1.29 is 39.3 Å². The van der Waals surface area contributed by atoms with Gasteiger partial charge in [-0.3, -0.25) is 24.6 Å². The summed E-state index contributed by atoms with van der Waals surface area (Å²) in [5, 5.41) is 45.7. The number of nitro benzene ring substituents is 1. The van der Waals surface area contributed by atoms with Crippen molar-refractivity contribution in [3.63, 3.8) is 0 Å². The Balaban J connectivity index is 1.65.